The highest BCUT2D eigenvalue weighted by molar-refractivity contribution is 6.35. The predicted octanol–water partition coefficient (Wildman–Crippen LogP) is 3.11. The molecule has 0 aliphatic carbocycles. The largest absolute Gasteiger partial charge is 0.482 e. The van der Waals surface area contributed by atoms with Crippen LogP contribution in [0.15, 0.2) is 22.7 Å². The van der Waals surface area contributed by atoms with Crippen LogP contribution in [0.25, 0.3) is 0 Å². The molecule has 0 aliphatic heterocycles. The van der Waals surface area contributed by atoms with E-state index in [9.17, 15) is 4.79 Å². The van der Waals surface area contributed by atoms with Crippen molar-refractivity contribution in [1.82, 2.24) is 15.0 Å². The molecule has 0 N–H and O–H groups in total. The number of likely N-dealkylation sites (N-methyl/N-ethyl adjacent to an activating group) is 1. The Morgan fingerprint density at radius 2 is 2.18 bits per heavy atom. The standard InChI is InChI=1S/C14H15Cl2N3O3/c1-3-19(7-13-17-9(2)18-22-13)14(20)8-21-12-5-4-10(15)6-11(12)16/h4-6H,3,7-8H2,1-2H3. The summed E-state index contributed by atoms with van der Waals surface area (Å²) in [5.41, 5.74) is 0. The quantitative estimate of drug-likeness (QED) is 0.805. The molecule has 0 spiro atoms. The minimum Gasteiger partial charge on any atom is -0.482 e. The average molecular weight is 344 g/mol. The van der Waals surface area contributed by atoms with Crippen molar-refractivity contribution < 1.29 is 14.1 Å². The van der Waals surface area contributed by atoms with Crippen molar-refractivity contribution in [2.75, 3.05) is 13.2 Å². The minimum absolute atomic E-state index is 0.137. The summed E-state index contributed by atoms with van der Waals surface area (Å²) in [7, 11) is 0. The van der Waals surface area contributed by atoms with Crippen molar-refractivity contribution in [2.45, 2.75) is 20.4 Å². The number of rotatable bonds is 6. The van der Waals surface area contributed by atoms with Gasteiger partial charge >= 0.3 is 0 Å². The van der Waals surface area contributed by atoms with Gasteiger partial charge in [0, 0.05) is 11.6 Å². The molecule has 0 atom stereocenters. The van der Waals surface area contributed by atoms with Crippen molar-refractivity contribution in [2.24, 2.45) is 0 Å². The maximum atomic E-state index is 12.2. The van der Waals surface area contributed by atoms with E-state index in [4.69, 9.17) is 32.5 Å². The van der Waals surface area contributed by atoms with E-state index in [0.29, 0.717) is 34.1 Å². The van der Waals surface area contributed by atoms with Crippen LogP contribution in [0.4, 0.5) is 0 Å². The van der Waals surface area contributed by atoms with Gasteiger partial charge in [-0.15, -0.1) is 0 Å². The molecular formula is C14H15Cl2N3O3. The summed E-state index contributed by atoms with van der Waals surface area (Å²) in [5, 5.41) is 4.55. The fraction of sp³-hybridized carbons (Fsp3) is 0.357. The lowest BCUT2D eigenvalue weighted by atomic mass is 10.3. The van der Waals surface area contributed by atoms with Gasteiger partial charge in [-0.3, -0.25) is 4.79 Å². The lowest BCUT2D eigenvalue weighted by molar-refractivity contribution is -0.134. The van der Waals surface area contributed by atoms with Gasteiger partial charge in [0.2, 0.25) is 5.89 Å². The SMILES string of the molecule is CCN(Cc1nc(C)no1)C(=O)COc1ccc(Cl)cc1Cl. The Labute approximate surface area is 138 Å². The number of benzene rings is 1. The predicted molar refractivity (Wildman–Crippen MR) is 82.1 cm³/mol. The zero-order valence-electron chi connectivity index (χ0n) is 12.2. The Balaban J connectivity index is 1.94. The number of aryl methyl sites for hydroxylation is 1. The summed E-state index contributed by atoms with van der Waals surface area (Å²) in [6.07, 6.45) is 0. The Morgan fingerprint density at radius 3 is 2.77 bits per heavy atom. The van der Waals surface area contributed by atoms with Crippen LogP contribution in [0.5, 0.6) is 5.75 Å². The number of hydrogen-bond donors (Lipinski definition) is 0. The molecule has 1 aromatic carbocycles. The van der Waals surface area contributed by atoms with Crippen molar-refractivity contribution in [3.63, 3.8) is 0 Å². The highest BCUT2D eigenvalue weighted by Gasteiger charge is 2.16. The summed E-state index contributed by atoms with van der Waals surface area (Å²) >= 11 is 11.8. The molecular weight excluding hydrogens is 329 g/mol. The van der Waals surface area contributed by atoms with E-state index in [-0.39, 0.29) is 19.1 Å². The van der Waals surface area contributed by atoms with Gasteiger partial charge in [0.05, 0.1) is 5.02 Å². The molecule has 0 fully saturated rings. The van der Waals surface area contributed by atoms with E-state index in [2.05, 4.69) is 10.1 Å². The van der Waals surface area contributed by atoms with Crippen molar-refractivity contribution >= 4 is 29.1 Å². The summed E-state index contributed by atoms with van der Waals surface area (Å²) in [6.45, 7) is 4.18. The normalized spacial score (nSPS) is 10.5. The molecule has 0 aliphatic rings. The van der Waals surface area contributed by atoms with Gasteiger partial charge in [-0.1, -0.05) is 28.4 Å². The smallest absolute Gasteiger partial charge is 0.260 e. The topological polar surface area (TPSA) is 68.5 Å². The highest BCUT2D eigenvalue weighted by Crippen LogP contribution is 2.27. The lowest BCUT2D eigenvalue weighted by Gasteiger charge is -2.19. The van der Waals surface area contributed by atoms with E-state index >= 15 is 0 Å². The number of halogens is 2. The Bertz CT molecular complexity index is 661. The second-order valence-electron chi connectivity index (χ2n) is 4.51. The van der Waals surface area contributed by atoms with Crippen LogP contribution in [0.1, 0.15) is 18.6 Å². The molecule has 1 heterocycles. The number of nitrogens with zero attached hydrogens (tertiary/aromatic N) is 3. The third-order valence-corrected chi connectivity index (χ3v) is 3.41. The van der Waals surface area contributed by atoms with Crippen molar-refractivity contribution in [3.05, 3.63) is 40.0 Å². The molecule has 0 unspecified atom stereocenters. The maximum Gasteiger partial charge on any atom is 0.260 e. The molecule has 0 saturated heterocycles. The van der Waals surface area contributed by atoms with Crippen LogP contribution < -0.4 is 4.74 Å². The van der Waals surface area contributed by atoms with E-state index < -0.39 is 0 Å². The fourth-order valence-corrected chi connectivity index (χ4v) is 2.23. The lowest BCUT2D eigenvalue weighted by Crippen LogP contribution is -2.34. The minimum atomic E-state index is -0.204. The molecule has 8 heteroatoms. The van der Waals surface area contributed by atoms with Crippen molar-refractivity contribution in [1.29, 1.82) is 0 Å². The molecule has 2 aromatic rings. The molecule has 0 radical (unpaired) electrons. The van der Waals surface area contributed by atoms with Gasteiger partial charge in [0.1, 0.15) is 12.3 Å². The number of hydrogen-bond acceptors (Lipinski definition) is 5. The first-order chi connectivity index (χ1) is 10.5. The second-order valence-corrected chi connectivity index (χ2v) is 5.35. The number of carbonyl (C=O) groups is 1. The van der Waals surface area contributed by atoms with Crippen LogP contribution in [0, 0.1) is 6.92 Å². The van der Waals surface area contributed by atoms with E-state index in [1.165, 1.54) is 0 Å². The van der Waals surface area contributed by atoms with Gasteiger partial charge < -0.3 is 14.2 Å². The van der Waals surface area contributed by atoms with Crippen LogP contribution in [0.2, 0.25) is 10.0 Å². The first-order valence-corrected chi connectivity index (χ1v) is 7.40. The number of carbonyl (C=O) groups excluding carboxylic acids is 1. The van der Waals surface area contributed by atoms with Gasteiger partial charge in [0.15, 0.2) is 12.4 Å². The molecule has 0 bridgehead atoms. The summed E-state index contributed by atoms with van der Waals surface area (Å²) < 4.78 is 10.4. The monoisotopic (exact) mass is 343 g/mol. The summed E-state index contributed by atoms with van der Waals surface area (Å²) in [6, 6.07) is 4.82. The third-order valence-electron chi connectivity index (χ3n) is 2.88. The third kappa shape index (κ3) is 4.35. The van der Waals surface area contributed by atoms with Gasteiger partial charge in [-0.2, -0.15) is 4.98 Å². The number of ether oxygens (including phenoxy) is 1. The fourth-order valence-electron chi connectivity index (χ4n) is 1.77. The summed E-state index contributed by atoms with van der Waals surface area (Å²) in [4.78, 5) is 17.8. The number of aromatic nitrogens is 2. The molecule has 118 valence electrons. The molecule has 1 amide bonds. The summed E-state index contributed by atoms with van der Waals surface area (Å²) in [5.74, 6) is 1.12. The van der Waals surface area contributed by atoms with Crippen LogP contribution in [-0.2, 0) is 11.3 Å². The highest BCUT2D eigenvalue weighted by atomic mass is 35.5. The van der Waals surface area contributed by atoms with Crippen molar-refractivity contribution in [3.8, 4) is 5.75 Å². The van der Waals surface area contributed by atoms with Crippen LogP contribution >= 0.6 is 23.2 Å². The Kier molecular flexibility index (Phi) is 5.63. The van der Waals surface area contributed by atoms with E-state index in [0.717, 1.165) is 0 Å². The Morgan fingerprint density at radius 1 is 1.41 bits per heavy atom. The Hall–Kier alpha value is -1.79. The molecule has 1 aromatic heterocycles. The maximum absolute atomic E-state index is 12.2. The van der Waals surface area contributed by atoms with Gasteiger partial charge in [-0.25, -0.2) is 0 Å². The van der Waals surface area contributed by atoms with Crippen LogP contribution in [0.3, 0.4) is 0 Å². The average Bonchev–Trinajstić information content (AvgIpc) is 2.89. The molecule has 2 rings (SSSR count). The van der Waals surface area contributed by atoms with E-state index in [1.54, 1.807) is 30.0 Å². The molecule has 0 saturated carbocycles. The van der Waals surface area contributed by atoms with E-state index in [1.807, 2.05) is 6.92 Å². The van der Waals surface area contributed by atoms with Gasteiger partial charge in [-0.05, 0) is 32.0 Å². The first kappa shape index (κ1) is 16.6. The first-order valence-electron chi connectivity index (χ1n) is 6.64. The van der Waals surface area contributed by atoms with Crippen LogP contribution in [-0.4, -0.2) is 34.1 Å². The zero-order valence-corrected chi connectivity index (χ0v) is 13.7. The second kappa shape index (κ2) is 7.47. The number of amides is 1. The van der Waals surface area contributed by atoms with Gasteiger partial charge in [0.25, 0.3) is 5.91 Å². The zero-order chi connectivity index (χ0) is 16.1. The molecule has 6 nitrogen and oxygen atoms in total. The molecule has 22 heavy (non-hydrogen) atoms.